The highest BCUT2D eigenvalue weighted by Gasteiger charge is 2.44. The SMILES string of the molecule is O=C(O)O[C@@H]1C[C@H]1OC(=O)O. The van der Waals surface area contributed by atoms with Gasteiger partial charge in [-0.2, -0.15) is 0 Å². The van der Waals surface area contributed by atoms with E-state index in [1.54, 1.807) is 0 Å². The lowest BCUT2D eigenvalue weighted by Crippen LogP contribution is -2.10. The predicted octanol–water partition coefficient (Wildman–Crippen LogP) is 0.516. The molecule has 0 spiro atoms. The van der Waals surface area contributed by atoms with Gasteiger partial charge in [0, 0.05) is 6.42 Å². The van der Waals surface area contributed by atoms with Crippen LogP contribution in [0.15, 0.2) is 0 Å². The van der Waals surface area contributed by atoms with Crippen LogP contribution in [0.1, 0.15) is 6.42 Å². The number of hydrogen-bond donors (Lipinski definition) is 2. The minimum absolute atomic E-state index is 0.318. The van der Waals surface area contributed by atoms with E-state index >= 15 is 0 Å². The summed E-state index contributed by atoms with van der Waals surface area (Å²) < 4.78 is 8.41. The molecule has 0 aromatic rings. The average Bonchev–Trinajstić information content (AvgIpc) is 2.43. The van der Waals surface area contributed by atoms with Crippen molar-refractivity contribution in [1.82, 2.24) is 0 Å². The molecule has 0 amide bonds. The van der Waals surface area contributed by atoms with Gasteiger partial charge in [-0.3, -0.25) is 0 Å². The maximum atomic E-state index is 9.86. The Morgan fingerprint density at radius 1 is 1.09 bits per heavy atom. The molecule has 2 N–H and O–H groups in total. The van der Waals surface area contributed by atoms with Crippen molar-refractivity contribution in [3.8, 4) is 0 Å². The van der Waals surface area contributed by atoms with E-state index in [1.165, 1.54) is 0 Å². The van der Waals surface area contributed by atoms with Crippen LogP contribution in [0.4, 0.5) is 9.59 Å². The molecule has 1 rings (SSSR count). The first kappa shape index (κ1) is 7.64. The van der Waals surface area contributed by atoms with Crippen LogP contribution in [-0.4, -0.2) is 34.7 Å². The molecule has 0 bridgehead atoms. The maximum Gasteiger partial charge on any atom is 0.506 e. The molecule has 0 radical (unpaired) electrons. The van der Waals surface area contributed by atoms with E-state index in [4.69, 9.17) is 10.2 Å². The fourth-order valence-electron chi connectivity index (χ4n) is 0.657. The average molecular weight is 162 g/mol. The second-order valence-electron chi connectivity index (χ2n) is 2.08. The normalized spacial score (nSPS) is 27.3. The fourth-order valence-corrected chi connectivity index (χ4v) is 0.657. The number of carboxylic acid groups (broad SMARTS) is 2. The number of rotatable bonds is 2. The van der Waals surface area contributed by atoms with E-state index in [9.17, 15) is 9.59 Å². The highest BCUT2D eigenvalue weighted by molar-refractivity contribution is 5.59. The fraction of sp³-hybridized carbons (Fsp3) is 0.600. The Hall–Kier alpha value is -1.46. The van der Waals surface area contributed by atoms with Crippen molar-refractivity contribution in [1.29, 1.82) is 0 Å². The minimum Gasteiger partial charge on any atom is -0.450 e. The van der Waals surface area contributed by atoms with Gasteiger partial charge in [-0.25, -0.2) is 9.59 Å². The van der Waals surface area contributed by atoms with E-state index in [2.05, 4.69) is 9.47 Å². The Bertz CT molecular complexity index is 167. The van der Waals surface area contributed by atoms with Crippen molar-refractivity contribution in [3.63, 3.8) is 0 Å². The summed E-state index contributed by atoms with van der Waals surface area (Å²) in [6, 6.07) is 0. The lowest BCUT2D eigenvalue weighted by atomic mass is 10.8. The van der Waals surface area contributed by atoms with Gasteiger partial charge in [-0.15, -0.1) is 0 Å². The van der Waals surface area contributed by atoms with Crippen molar-refractivity contribution in [3.05, 3.63) is 0 Å². The van der Waals surface area contributed by atoms with Crippen LogP contribution < -0.4 is 0 Å². The summed E-state index contributed by atoms with van der Waals surface area (Å²) in [4.78, 5) is 19.7. The van der Waals surface area contributed by atoms with Crippen LogP contribution in [0.25, 0.3) is 0 Å². The van der Waals surface area contributed by atoms with Gasteiger partial charge in [0.15, 0.2) is 0 Å². The largest absolute Gasteiger partial charge is 0.506 e. The first-order chi connectivity index (χ1) is 5.09. The van der Waals surface area contributed by atoms with Crippen LogP contribution in [0.3, 0.4) is 0 Å². The zero-order valence-corrected chi connectivity index (χ0v) is 5.39. The zero-order chi connectivity index (χ0) is 8.43. The van der Waals surface area contributed by atoms with Gasteiger partial charge in [0.05, 0.1) is 0 Å². The summed E-state index contributed by atoms with van der Waals surface area (Å²) in [6.07, 6.45) is -3.72. The molecule has 0 heterocycles. The van der Waals surface area contributed by atoms with Crippen LogP contribution in [0.2, 0.25) is 0 Å². The number of ether oxygens (including phenoxy) is 2. The van der Waals surface area contributed by atoms with E-state index in [-0.39, 0.29) is 0 Å². The maximum absolute atomic E-state index is 9.86. The third-order valence-corrected chi connectivity index (χ3v) is 1.18. The van der Waals surface area contributed by atoms with Crippen LogP contribution in [0, 0.1) is 0 Å². The van der Waals surface area contributed by atoms with Crippen molar-refractivity contribution < 1.29 is 29.3 Å². The van der Waals surface area contributed by atoms with Gasteiger partial charge in [0.1, 0.15) is 12.2 Å². The molecule has 1 fully saturated rings. The first-order valence-electron chi connectivity index (χ1n) is 2.88. The summed E-state index contributed by atoms with van der Waals surface area (Å²) in [5.41, 5.74) is 0. The third-order valence-electron chi connectivity index (χ3n) is 1.18. The summed E-state index contributed by atoms with van der Waals surface area (Å²) >= 11 is 0. The molecule has 0 aromatic carbocycles. The van der Waals surface area contributed by atoms with Gasteiger partial charge in [0.25, 0.3) is 0 Å². The van der Waals surface area contributed by atoms with E-state index < -0.39 is 24.5 Å². The number of carbonyl (C=O) groups is 2. The lowest BCUT2D eigenvalue weighted by Gasteiger charge is -1.97. The van der Waals surface area contributed by atoms with Crippen molar-refractivity contribution in [2.24, 2.45) is 0 Å². The van der Waals surface area contributed by atoms with Crippen LogP contribution >= 0.6 is 0 Å². The summed E-state index contributed by atoms with van der Waals surface area (Å²) in [6.45, 7) is 0. The van der Waals surface area contributed by atoms with Gasteiger partial charge >= 0.3 is 12.3 Å². The third kappa shape index (κ3) is 2.32. The monoisotopic (exact) mass is 162 g/mol. The first-order valence-corrected chi connectivity index (χ1v) is 2.88. The Balaban J connectivity index is 2.16. The molecule has 0 aliphatic heterocycles. The molecular formula is C5H6O6. The Kier molecular flexibility index (Phi) is 1.84. The zero-order valence-electron chi connectivity index (χ0n) is 5.39. The Morgan fingerprint density at radius 3 is 1.73 bits per heavy atom. The van der Waals surface area contributed by atoms with Crippen molar-refractivity contribution in [2.75, 3.05) is 0 Å². The minimum atomic E-state index is -1.41. The number of hydrogen-bond acceptors (Lipinski definition) is 4. The van der Waals surface area contributed by atoms with E-state index in [0.717, 1.165) is 0 Å². The molecule has 1 aliphatic rings. The predicted molar refractivity (Wildman–Crippen MR) is 30.4 cm³/mol. The molecule has 1 saturated carbocycles. The molecule has 6 nitrogen and oxygen atoms in total. The highest BCUT2D eigenvalue weighted by Crippen LogP contribution is 2.28. The molecule has 1 aliphatic carbocycles. The Labute approximate surface area is 61.3 Å². The molecule has 2 atom stereocenters. The van der Waals surface area contributed by atoms with Crippen LogP contribution in [-0.2, 0) is 9.47 Å². The molecular weight excluding hydrogens is 156 g/mol. The Morgan fingerprint density at radius 2 is 1.45 bits per heavy atom. The topological polar surface area (TPSA) is 93.1 Å². The van der Waals surface area contributed by atoms with Crippen LogP contribution in [0.5, 0.6) is 0 Å². The summed E-state index contributed by atoms with van der Waals surface area (Å²) in [5, 5.41) is 16.1. The molecule has 0 unspecified atom stereocenters. The molecule has 0 saturated heterocycles. The summed E-state index contributed by atoms with van der Waals surface area (Å²) in [7, 11) is 0. The molecule has 62 valence electrons. The quantitative estimate of drug-likeness (QED) is 0.575. The second kappa shape index (κ2) is 2.65. The second-order valence-corrected chi connectivity index (χ2v) is 2.08. The molecule has 6 heteroatoms. The van der Waals surface area contributed by atoms with Crippen molar-refractivity contribution >= 4 is 12.3 Å². The van der Waals surface area contributed by atoms with Gasteiger partial charge in [0.2, 0.25) is 0 Å². The lowest BCUT2D eigenvalue weighted by molar-refractivity contribution is 0.0444. The highest BCUT2D eigenvalue weighted by atomic mass is 16.7. The summed E-state index contributed by atoms with van der Waals surface area (Å²) in [5.74, 6) is 0. The van der Waals surface area contributed by atoms with Crippen molar-refractivity contribution in [2.45, 2.75) is 18.6 Å². The standard InChI is InChI=1S/C5H6O6/c6-4(7)10-2-1-3(2)11-5(8)9/h2-3H,1H2,(H,6,7)(H,8,9)/t2-,3-/m1/s1. The van der Waals surface area contributed by atoms with Gasteiger partial charge in [-0.1, -0.05) is 0 Å². The van der Waals surface area contributed by atoms with Gasteiger partial charge < -0.3 is 19.7 Å². The van der Waals surface area contributed by atoms with Gasteiger partial charge in [-0.05, 0) is 0 Å². The van der Waals surface area contributed by atoms with E-state index in [1.807, 2.05) is 0 Å². The van der Waals surface area contributed by atoms with E-state index in [0.29, 0.717) is 6.42 Å². The molecule has 0 aromatic heterocycles. The molecule has 11 heavy (non-hydrogen) atoms. The smallest absolute Gasteiger partial charge is 0.450 e.